The van der Waals surface area contributed by atoms with Gasteiger partial charge in [0, 0.05) is 18.2 Å². The van der Waals surface area contributed by atoms with Gasteiger partial charge in [-0.25, -0.2) is 10.3 Å². The first-order valence-corrected chi connectivity index (χ1v) is 12.8. The van der Waals surface area contributed by atoms with Crippen LogP contribution in [0.2, 0.25) is 5.02 Å². The van der Waals surface area contributed by atoms with E-state index in [1.807, 2.05) is 42.5 Å². The molecule has 4 rings (SSSR count). The second-order valence-corrected chi connectivity index (χ2v) is 9.50. The van der Waals surface area contributed by atoms with Crippen molar-refractivity contribution in [1.82, 2.24) is 19.9 Å². The van der Waals surface area contributed by atoms with Gasteiger partial charge in [0.2, 0.25) is 5.91 Å². The first-order valence-electron chi connectivity index (χ1n) is 12.5. The van der Waals surface area contributed by atoms with Crippen molar-refractivity contribution in [3.05, 3.63) is 76.8 Å². The molecule has 1 unspecified atom stereocenters. The second kappa shape index (κ2) is 12.6. The van der Waals surface area contributed by atoms with Crippen molar-refractivity contribution in [3.8, 4) is 17.2 Å². The number of pyridine rings is 1. The highest BCUT2D eigenvalue weighted by Gasteiger charge is 2.18. The number of ether oxygens (including phenoxy) is 3. The van der Waals surface area contributed by atoms with Crippen LogP contribution in [0, 0.1) is 5.92 Å². The number of benzene rings is 2. The van der Waals surface area contributed by atoms with Crippen molar-refractivity contribution >= 4 is 28.5 Å². The number of nitrogens with zero attached hydrogens (tertiary/aromatic N) is 4. The third kappa shape index (κ3) is 6.19. The highest BCUT2D eigenvalue weighted by atomic mass is 35.5. The highest BCUT2D eigenvalue weighted by molar-refractivity contribution is 6.33. The van der Waals surface area contributed by atoms with Gasteiger partial charge >= 0.3 is 0 Å². The summed E-state index contributed by atoms with van der Waals surface area (Å²) in [4.78, 5) is 21.6. The lowest BCUT2D eigenvalue weighted by atomic mass is 9.96. The van der Waals surface area contributed by atoms with E-state index in [1.165, 1.54) is 0 Å². The van der Waals surface area contributed by atoms with Gasteiger partial charge in [0.1, 0.15) is 23.6 Å². The molecule has 4 aromatic rings. The van der Waals surface area contributed by atoms with Gasteiger partial charge in [-0.1, -0.05) is 42.8 Å². The number of fused-ring (bicyclic) bond motifs is 1. The fourth-order valence-corrected chi connectivity index (χ4v) is 4.82. The Labute approximate surface area is 227 Å². The summed E-state index contributed by atoms with van der Waals surface area (Å²) in [6, 6.07) is 13.6. The fraction of sp³-hybridized carbons (Fsp3) is 0.345. The van der Waals surface area contributed by atoms with Crippen molar-refractivity contribution in [2.45, 2.75) is 39.3 Å². The number of imidazole rings is 1. The van der Waals surface area contributed by atoms with Crippen molar-refractivity contribution in [3.63, 3.8) is 0 Å². The molecular formula is C29H32ClN4O4. The van der Waals surface area contributed by atoms with Gasteiger partial charge in [0.05, 0.1) is 44.6 Å². The van der Waals surface area contributed by atoms with Crippen molar-refractivity contribution in [1.29, 1.82) is 0 Å². The van der Waals surface area contributed by atoms with Crippen LogP contribution in [0.3, 0.4) is 0 Å². The van der Waals surface area contributed by atoms with Crippen LogP contribution in [0.4, 0.5) is 0 Å². The van der Waals surface area contributed by atoms with Gasteiger partial charge in [-0.15, -0.1) is 0 Å². The molecule has 0 aliphatic rings. The molecule has 0 spiro atoms. The van der Waals surface area contributed by atoms with Crippen molar-refractivity contribution in [2.24, 2.45) is 5.92 Å². The third-order valence-corrected chi connectivity index (χ3v) is 6.95. The molecule has 199 valence electrons. The maximum atomic E-state index is 12.7. The van der Waals surface area contributed by atoms with Gasteiger partial charge in [-0.3, -0.25) is 9.78 Å². The van der Waals surface area contributed by atoms with Gasteiger partial charge in [0.15, 0.2) is 11.5 Å². The Bertz CT molecular complexity index is 1400. The lowest BCUT2D eigenvalue weighted by Crippen LogP contribution is -2.19. The van der Waals surface area contributed by atoms with Crippen LogP contribution in [0.15, 0.2) is 54.9 Å². The number of hydrogen-bond acceptors (Lipinski definition) is 6. The Hall–Kier alpha value is -3.78. The quantitative estimate of drug-likeness (QED) is 0.240. The number of carbonyl (C=O) groups is 1. The molecule has 9 heteroatoms. The van der Waals surface area contributed by atoms with E-state index < -0.39 is 0 Å². The predicted octanol–water partition coefficient (Wildman–Crippen LogP) is 5.45. The van der Waals surface area contributed by atoms with Crippen LogP contribution >= 0.6 is 11.6 Å². The average molecular weight is 536 g/mol. The maximum absolute atomic E-state index is 12.7. The van der Waals surface area contributed by atoms with E-state index in [0.717, 1.165) is 27.9 Å². The standard InChI is InChI=1S/C29H32ClN4O4/c1-19(15-20-10-11-25(37-3)29(38-4)28(20)30)9-12-27(35)32-17-26-33-22-16-31-14-13-23(22)34(26)18-21-7-5-6-8-24(21)36-2/h5-8,10-11,13-14,16,19H,9,12,15,17-18H2,1-4H3. The predicted molar refractivity (Wildman–Crippen MR) is 147 cm³/mol. The summed E-state index contributed by atoms with van der Waals surface area (Å²) in [5.74, 6) is 2.70. The number of para-hydroxylation sites is 1. The lowest BCUT2D eigenvalue weighted by Gasteiger charge is -2.16. The zero-order valence-electron chi connectivity index (χ0n) is 22.1. The SMILES string of the molecule is COc1ccccc1Cn1c(C[N]C(=O)CCC(C)Cc2ccc(OC)c(OC)c2Cl)nc2cnccc21. The summed E-state index contributed by atoms with van der Waals surface area (Å²) in [6.07, 6.45) is 5.21. The topological polar surface area (TPSA) is 89.6 Å². The summed E-state index contributed by atoms with van der Waals surface area (Å²) in [5.41, 5.74) is 3.67. The van der Waals surface area contributed by atoms with E-state index in [-0.39, 0.29) is 18.4 Å². The van der Waals surface area contributed by atoms with Crippen molar-refractivity contribution < 1.29 is 19.0 Å². The number of hydrogen-bond donors (Lipinski definition) is 0. The van der Waals surface area contributed by atoms with E-state index in [2.05, 4.69) is 21.8 Å². The zero-order chi connectivity index (χ0) is 27.1. The molecule has 0 aliphatic carbocycles. The molecule has 1 amide bonds. The van der Waals surface area contributed by atoms with Crippen LogP contribution in [-0.4, -0.2) is 41.8 Å². The summed E-state index contributed by atoms with van der Waals surface area (Å²) < 4.78 is 18.3. The Morgan fingerprint density at radius 3 is 2.58 bits per heavy atom. The Morgan fingerprint density at radius 1 is 1.03 bits per heavy atom. The summed E-state index contributed by atoms with van der Waals surface area (Å²) in [6.45, 7) is 2.84. The summed E-state index contributed by atoms with van der Waals surface area (Å²) in [5, 5.41) is 4.88. The van der Waals surface area contributed by atoms with E-state index in [0.29, 0.717) is 48.2 Å². The minimum Gasteiger partial charge on any atom is -0.496 e. The monoisotopic (exact) mass is 535 g/mol. The Morgan fingerprint density at radius 2 is 1.82 bits per heavy atom. The Kier molecular flexibility index (Phi) is 9.07. The molecule has 2 aromatic carbocycles. The van der Waals surface area contributed by atoms with E-state index in [4.69, 9.17) is 30.8 Å². The number of rotatable bonds is 12. The van der Waals surface area contributed by atoms with Crippen LogP contribution in [0.25, 0.3) is 11.0 Å². The molecule has 8 nitrogen and oxygen atoms in total. The third-order valence-electron chi connectivity index (χ3n) is 6.53. The van der Waals surface area contributed by atoms with Crippen LogP contribution in [-0.2, 0) is 24.3 Å². The average Bonchev–Trinajstić information content (AvgIpc) is 3.29. The van der Waals surface area contributed by atoms with Gasteiger partial charge in [0.25, 0.3) is 0 Å². The molecule has 1 atom stereocenters. The molecule has 2 aromatic heterocycles. The van der Waals surface area contributed by atoms with E-state index >= 15 is 0 Å². The number of amides is 1. The molecule has 2 heterocycles. The smallest absolute Gasteiger partial charge is 0.241 e. The molecule has 0 fully saturated rings. The Balaban J connectivity index is 1.39. The first-order chi connectivity index (χ1) is 18.4. The molecule has 0 aliphatic heterocycles. The molecule has 38 heavy (non-hydrogen) atoms. The molecule has 0 saturated heterocycles. The van der Waals surface area contributed by atoms with Gasteiger partial charge in [-0.2, -0.15) is 0 Å². The second-order valence-electron chi connectivity index (χ2n) is 9.12. The van der Waals surface area contributed by atoms with Crippen LogP contribution in [0.1, 0.15) is 36.7 Å². The number of carbonyl (C=O) groups excluding carboxylic acids is 1. The highest BCUT2D eigenvalue weighted by Crippen LogP contribution is 2.38. The molecular weight excluding hydrogens is 504 g/mol. The minimum atomic E-state index is -0.149. The number of halogens is 1. The summed E-state index contributed by atoms with van der Waals surface area (Å²) >= 11 is 6.53. The number of aromatic nitrogens is 3. The van der Waals surface area contributed by atoms with Gasteiger partial charge in [-0.05, 0) is 42.5 Å². The maximum Gasteiger partial charge on any atom is 0.241 e. The van der Waals surface area contributed by atoms with Gasteiger partial charge < -0.3 is 18.8 Å². The molecule has 0 N–H and O–H groups in total. The largest absolute Gasteiger partial charge is 0.496 e. The molecule has 0 saturated carbocycles. The molecule has 1 radical (unpaired) electrons. The number of methoxy groups -OCH3 is 3. The van der Waals surface area contributed by atoms with Crippen LogP contribution in [0.5, 0.6) is 17.2 Å². The van der Waals surface area contributed by atoms with E-state index in [1.54, 1.807) is 33.7 Å². The zero-order valence-corrected chi connectivity index (χ0v) is 22.9. The lowest BCUT2D eigenvalue weighted by molar-refractivity contribution is -0.121. The first kappa shape index (κ1) is 27.3. The van der Waals surface area contributed by atoms with Crippen LogP contribution < -0.4 is 19.5 Å². The van der Waals surface area contributed by atoms with Crippen molar-refractivity contribution in [2.75, 3.05) is 21.3 Å². The fourth-order valence-electron chi connectivity index (χ4n) is 4.51. The summed E-state index contributed by atoms with van der Waals surface area (Å²) in [7, 11) is 4.80. The van der Waals surface area contributed by atoms with E-state index in [9.17, 15) is 4.79 Å². The normalized spacial score (nSPS) is 11.8. The minimum absolute atomic E-state index is 0.149. The molecule has 0 bridgehead atoms.